The third-order valence-electron chi connectivity index (χ3n) is 5.75. The van der Waals surface area contributed by atoms with Gasteiger partial charge in [0.25, 0.3) is 0 Å². The molecule has 2 aliphatic heterocycles. The molecule has 0 aromatic carbocycles. The van der Waals surface area contributed by atoms with Gasteiger partial charge in [-0.05, 0) is 63.3 Å². The number of hydrogen-bond acceptors (Lipinski definition) is 4. The molecule has 118 valence electrons. The normalized spacial score (nSPS) is 27.2. The number of aromatic nitrogens is 2. The molecule has 2 aliphatic rings. The number of likely N-dealkylation sites (tertiary alicyclic amines) is 2. The second-order valence-corrected chi connectivity index (χ2v) is 6.95. The summed E-state index contributed by atoms with van der Waals surface area (Å²) in [5.74, 6) is 0.448. The third kappa shape index (κ3) is 3.30. The van der Waals surface area contributed by atoms with Crippen molar-refractivity contribution >= 4 is 0 Å². The van der Waals surface area contributed by atoms with E-state index in [1.807, 2.05) is 12.4 Å². The van der Waals surface area contributed by atoms with Crippen molar-refractivity contribution in [1.29, 1.82) is 0 Å². The second kappa shape index (κ2) is 6.46. The Bertz CT molecular complexity index is 425. The van der Waals surface area contributed by atoms with Gasteiger partial charge in [0.05, 0.1) is 6.20 Å². The molecule has 0 radical (unpaired) electrons. The number of nitrogens with zero attached hydrogens (tertiary/aromatic N) is 3. The minimum atomic E-state index is 0.339. The maximum atomic E-state index is 9.89. The first kappa shape index (κ1) is 15.0. The van der Waals surface area contributed by atoms with Crippen LogP contribution in [0.25, 0.3) is 0 Å². The lowest BCUT2D eigenvalue weighted by molar-refractivity contribution is -0.0374. The molecule has 0 amide bonds. The first-order chi connectivity index (χ1) is 10.2. The zero-order valence-electron chi connectivity index (χ0n) is 13.1. The van der Waals surface area contributed by atoms with Crippen molar-refractivity contribution in [3.8, 4) is 0 Å². The highest BCUT2D eigenvalue weighted by atomic mass is 16.3. The zero-order valence-corrected chi connectivity index (χ0v) is 13.1. The molecular formula is C16H28N4O. The second-order valence-electron chi connectivity index (χ2n) is 6.95. The number of hydrogen-bond donors (Lipinski definition) is 2. The number of rotatable bonds is 4. The van der Waals surface area contributed by atoms with Crippen LogP contribution in [0.1, 0.15) is 24.8 Å². The lowest BCUT2D eigenvalue weighted by Gasteiger charge is -2.51. The number of H-pyrrole nitrogens is 1. The van der Waals surface area contributed by atoms with Crippen LogP contribution in [0.3, 0.4) is 0 Å². The molecule has 5 heteroatoms. The van der Waals surface area contributed by atoms with Crippen molar-refractivity contribution < 1.29 is 5.11 Å². The van der Waals surface area contributed by atoms with Crippen LogP contribution in [-0.4, -0.2) is 71.5 Å². The Balaban J connectivity index is 1.56. The predicted octanol–water partition coefficient (Wildman–Crippen LogP) is 0.978. The topological polar surface area (TPSA) is 55.4 Å². The molecule has 0 unspecified atom stereocenters. The molecule has 1 aromatic heterocycles. The average molecular weight is 292 g/mol. The quantitative estimate of drug-likeness (QED) is 0.868. The SMILES string of the molecule is CN1CCC2(CC1)CCN(CCc1cn[nH]c1)C[C@H]2CO. The monoisotopic (exact) mass is 292 g/mol. The fourth-order valence-corrected chi connectivity index (χ4v) is 4.06. The highest BCUT2D eigenvalue weighted by Gasteiger charge is 2.43. The van der Waals surface area contributed by atoms with E-state index in [0.29, 0.717) is 17.9 Å². The minimum Gasteiger partial charge on any atom is -0.396 e. The summed E-state index contributed by atoms with van der Waals surface area (Å²) in [6, 6.07) is 0. The Morgan fingerprint density at radius 3 is 2.76 bits per heavy atom. The van der Waals surface area contributed by atoms with Crippen LogP contribution in [0, 0.1) is 11.3 Å². The fourth-order valence-electron chi connectivity index (χ4n) is 4.06. The van der Waals surface area contributed by atoms with Gasteiger partial charge in [-0.15, -0.1) is 0 Å². The number of nitrogens with one attached hydrogen (secondary N) is 1. The zero-order chi connectivity index (χ0) is 14.7. The molecule has 3 heterocycles. The van der Waals surface area contributed by atoms with E-state index in [2.05, 4.69) is 27.0 Å². The molecule has 0 saturated carbocycles. The highest BCUT2D eigenvalue weighted by Crippen LogP contribution is 2.44. The van der Waals surface area contributed by atoms with Crippen molar-refractivity contribution in [2.45, 2.75) is 25.7 Å². The van der Waals surface area contributed by atoms with Gasteiger partial charge in [0, 0.05) is 31.8 Å². The minimum absolute atomic E-state index is 0.339. The van der Waals surface area contributed by atoms with Crippen molar-refractivity contribution in [1.82, 2.24) is 20.0 Å². The van der Waals surface area contributed by atoms with E-state index in [9.17, 15) is 5.11 Å². The summed E-state index contributed by atoms with van der Waals surface area (Å²) >= 11 is 0. The summed E-state index contributed by atoms with van der Waals surface area (Å²) < 4.78 is 0. The summed E-state index contributed by atoms with van der Waals surface area (Å²) in [6.45, 7) is 6.02. The lowest BCUT2D eigenvalue weighted by Crippen LogP contribution is -2.53. The molecule has 5 nitrogen and oxygen atoms in total. The van der Waals surface area contributed by atoms with E-state index in [1.165, 1.54) is 44.5 Å². The van der Waals surface area contributed by atoms with Crippen LogP contribution in [0.2, 0.25) is 0 Å². The van der Waals surface area contributed by atoms with Gasteiger partial charge in [-0.1, -0.05) is 0 Å². The molecule has 1 spiro atoms. The Hall–Kier alpha value is -0.910. The molecule has 21 heavy (non-hydrogen) atoms. The smallest absolute Gasteiger partial charge is 0.0519 e. The van der Waals surface area contributed by atoms with Crippen molar-refractivity contribution in [2.24, 2.45) is 11.3 Å². The molecule has 0 bridgehead atoms. The lowest BCUT2D eigenvalue weighted by atomic mass is 9.64. The largest absolute Gasteiger partial charge is 0.396 e. The van der Waals surface area contributed by atoms with E-state index in [1.54, 1.807) is 0 Å². The van der Waals surface area contributed by atoms with Crippen LogP contribution in [0.4, 0.5) is 0 Å². The molecular weight excluding hydrogens is 264 g/mol. The van der Waals surface area contributed by atoms with E-state index in [4.69, 9.17) is 0 Å². The van der Waals surface area contributed by atoms with Gasteiger partial charge >= 0.3 is 0 Å². The summed E-state index contributed by atoms with van der Waals surface area (Å²) in [5.41, 5.74) is 1.67. The van der Waals surface area contributed by atoms with E-state index in [-0.39, 0.29) is 0 Å². The Morgan fingerprint density at radius 1 is 1.33 bits per heavy atom. The first-order valence-electron chi connectivity index (χ1n) is 8.21. The number of aromatic amines is 1. The first-order valence-corrected chi connectivity index (χ1v) is 8.21. The molecule has 2 fully saturated rings. The van der Waals surface area contributed by atoms with Crippen LogP contribution in [0.15, 0.2) is 12.4 Å². The van der Waals surface area contributed by atoms with Gasteiger partial charge in [0.1, 0.15) is 0 Å². The standard InChI is InChI=1S/C16H28N4O/c1-19-7-3-16(4-8-19)5-9-20(12-15(16)13-21)6-2-14-10-17-18-11-14/h10-11,15,21H,2-9,12-13H2,1H3,(H,17,18)/t15-/m0/s1. The molecule has 1 atom stereocenters. The Labute approximate surface area is 127 Å². The van der Waals surface area contributed by atoms with Gasteiger partial charge in [-0.25, -0.2) is 0 Å². The summed E-state index contributed by atoms with van der Waals surface area (Å²) in [4.78, 5) is 4.95. The number of aliphatic hydroxyl groups is 1. The van der Waals surface area contributed by atoms with Gasteiger partial charge in [-0.2, -0.15) is 5.10 Å². The van der Waals surface area contributed by atoms with Crippen molar-refractivity contribution in [3.63, 3.8) is 0 Å². The van der Waals surface area contributed by atoms with Gasteiger partial charge in [0.2, 0.25) is 0 Å². The molecule has 2 saturated heterocycles. The van der Waals surface area contributed by atoms with Gasteiger partial charge in [-0.3, -0.25) is 5.10 Å². The van der Waals surface area contributed by atoms with Gasteiger partial charge in [0.15, 0.2) is 0 Å². The van der Waals surface area contributed by atoms with E-state index >= 15 is 0 Å². The Morgan fingerprint density at radius 2 is 2.10 bits per heavy atom. The van der Waals surface area contributed by atoms with Gasteiger partial charge < -0.3 is 14.9 Å². The third-order valence-corrected chi connectivity index (χ3v) is 5.75. The molecule has 0 aliphatic carbocycles. The van der Waals surface area contributed by atoms with Crippen LogP contribution < -0.4 is 0 Å². The van der Waals surface area contributed by atoms with E-state index < -0.39 is 0 Å². The molecule has 2 N–H and O–H groups in total. The average Bonchev–Trinajstić information content (AvgIpc) is 3.03. The maximum Gasteiger partial charge on any atom is 0.0519 e. The summed E-state index contributed by atoms with van der Waals surface area (Å²) in [5, 5.41) is 16.8. The Kier molecular flexibility index (Phi) is 4.62. The van der Waals surface area contributed by atoms with Crippen molar-refractivity contribution in [3.05, 3.63) is 18.0 Å². The number of piperidine rings is 2. The summed E-state index contributed by atoms with van der Waals surface area (Å²) in [6.07, 6.45) is 8.69. The fraction of sp³-hybridized carbons (Fsp3) is 0.812. The van der Waals surface area contributed by atoms with Crippen LogP contribution in [0.5, 0.6) is 0 Å². The van der Waals surface area contributed by atoms with E-state index in [0.717, 1.165) is 19.5 Å². The van der Waals surface area contributed by atoms with Crippen molar-refractivity contribution in [2.75, 3.05) is 46.4 Å². The molecule has 1 aromatic rings. The maximum absolute atomic E-state index is 9.89. The predicted molar refractivity (Wildman–Crippen MR) is 83.1 cm³/mol. The highest BCUT2D eigenvalue weighted by molar-refractivity contribution is 5.03. The summed E-state index contributed by atoms with van der Waals surface area (Å²) in [7, 11) is 2.21. The van der Waals surface area contributed by atoms with Crippen LogP contribution in [-0.2, 0) is 6.42 Å². The number of aliphatic hydroxyl groups excluding tert-OH is 1. The molecule has 3 rings (SSSR count). The van der Waals surface area contributed by atoms with Crippen LogP contribution >= 0.6 is 0 Å².